The molecule has 3 unspecified atom stereocenters. The summed E-state index contributed by atoms with van der Waals surface area (Å²) in [6, 6.07) is -0.468. The molecule has 19 heavy (non-hydrogen) atoms. The summed E-state index contributed by atoms with van der Waals surface area (Å²) in [6.45, 7) is 6.12. The predicted octanol–water partition coefficient (Wildman–Crippen LogP) is 1.26. The van der Waals surface area contributed by atoms with Crippen molar-refractivity contribution in [2.45, 2.75) is 58.5 Å². The van der Waals surface area contributed by atoms with Gasteiger partial charge in [0.1, 0.15) is 6.04 Å². The van der Waals surface area contributed by atoms with E-state index >= 15 is 0 Å². The summed E-state index contributed by atoms with van der Waals surface area (Å²) in [5, 5.41) is 2.97. The number of hydrogen-bond donors (Lipinski definition) is 2. The maximum atomic E-state index is 12.2. The molecule has 0 aromatic heterocycles. The van der Waals surface area contributed by atoms with Gasteiger partial charge in [-0.3, -0.25) is 4.79 Å². The average Bonchev–Trinajstić information content (AvgIpc) is 2.60. The van der Waals surface area contributed by atoms with Crippen molar-refractivity contribution in [1.29, 1.82) is 0 Å². The zero-order chi connectivity index (χ0) is 14.6. The van der Waals surface area contributed by atoms with Crippen molar-refractivity contribution in [2.24, 2.45) is 11.8 Å². The number of nitrogens with one attached hydrogen (secondary N) is 2. The van der Waals surface area contributed by atoms with Gasteiger partial charge in [-0.05, 0) is 37.5 Å². The van der Waals surface area contributed by atoms with Gasteiger partial charge in [0.15, 0.2) is 0 Å². The number of carbonyl (C=O) groups excluding carboxylic acids is 1. The molecule has 1 aliphatic carbocycles. The fourth-order valence-corrected chi connectivity index (χ4v) is 3.30. The van der Waals surface area contributed by atoms with Crippen LogP contribution in [0.5, 0.6) is 0 Å². The zero-order valence-corrected chi connectivity index (χ0v) is 13.1. The molecule has 0 aliphatic heterocycles. The van der Waals surface area contributed by atoms with Crippen molar-refractivity contribution in [3.8, 4) is 0 Å². The van der Waals surface area contributed by atoms with Gasteiger partial charge in [0.2, 0.25) is 15.9 Å². The maximum Gasteiger partial charge on any atom is 0.238 e. The molecule has 3 atom stereocenters. The third-order valence-corrected chi connectivity index (χ3v) is 4.13. The van der Waals surface area contributed by atoms with Crippen molar-refractivity contribution in [3.05, 3.63) is 0 Å². The monoisotopic (exact) mass is 290 g/mol. The molecule has 1 fully saturated rings. The summed E-state index contributed by atoms with van der Waals surface area (Å²) in [4.78, 5) is 12.2. The summed E-state index contributed by atoms with van der Waals surface area (Å²) in [5.41, 5.74) is 0. The van der Waals surface area contributed by atoms with E-state index in [1.54, 1.807) is 0 Å². The van der Waals surface area contributed by atoms with Gasteiger partial charge >= 0.3 is 0 Å². The van der Waals surface area contributed by atoms with Gasteiger partial charge in [0, 0.05) is 6.04 Å². The molecule has 0 bridgehead atoms. The van der Waals surface area contributed by atoms with E-state index in [0.29, 0.717) is 12.3 Å². The van der Waals surface area contributed by atoms with Crippen molar-refractivity contribution >= 4 is 15.9 Å². The molecule has 0 aromatic carbocycles. The lowest BCUT2D eigenvalue weighted by atomic mass is 10.0. The molecule has 0 radical (unpaired) electrons. The fraction of sp³-hybridized carbons (Fsp3) is 0.923. The Morgan fingerprint density at radius 1 is 1.32 bits per heavy atom. The minimum absolute atomic E-state index is 0.193. The van der Waals surface area contributed by atoms with Crippen LogP contribution in [-0.2, 0) is 14.8 Å². The first-order valence-electron chi connectivity index (χ1n) is 6.95. The SMILES string of the molecule is CC(C)CC(NS(C)(=O)=O)C(=O)NC1CCC(C)C1. The molecule has 5 nitrogen and oxygen atoms in total. The molecule has 2 N–H and O–H groups in total. The third-order valence-electron chi connectivity index (χ3n) is 3.42. The van der Waals surface area contributed by atoms with Crippen LogP contribution in [0.15, 0.2) is 0 Å². The van der Waals surface area contributed by atoms with E-state index in [1.165, 1.54) is 0 Å². The Morgan fingerprint density at radius 3 is 2.37 bits per heavy atom. The number of amides is 1. The number of carbonyl (C=O) groups is 1. The minimum atomic E-state index is -3.37. The number of sulfonamides is 1. The Morgan fingerprint density at radius 2 is 1.95 bits per heavy atom. The second-order valence-corrected chi connectivity index (χ2v) is 7.98. The molecular weight excluding hydrogens is 264 g/mol. The van der Waals surface area contributed by atoms with Crippen LogP contribution in [0.1, 0.15) is 46.5 Å². The van der Waals surface area contributed by atoms with Gasteiger partial charge in [-0.1, -0.05) is 20.8 Å². The summed E-state index contributed by atoms with van der Waals surface area (Å²) in [6.07, 6.45) is 4.70. The quantitative estimate of drug-likeness (QED) is 0.773. The first kappa shape index (κ1) is 16.4. The highest BCUT2D eigenvalue weighted by Gasteiger charge is 2.28. The average molecular weight is 290 g/mol. The van der Waals surface area contributed by atoms with Crippen molar-refractivity contribution in [3.63, 3.8) is 0 Å². The Balaban J connectivity index is 2.60. The molecule has 1 saturated carbocycles. The summed E-state index contributed by atoms with van der Waals surface area (Å²) in [7, 11) is -3.37. The van der Waals surface area contributed by atoms with Gasteiger partial charge in [0.25, 0.3) is 0 Å². The van der Waals surface area contributed by atoms with Crippen LogP contribution in [0.2, 0.25) is 0 Å². The van der Waals surface area contributed by atoms with E-state index in [2.05, 4.69) is 17.0 Å². The fourth-order valence-electron chi connectivity index (χ4n) is 2.58. The molecular formula is C13H26N2O3S. The zero-order valence-electron chi connectivity index (χ0n) is 12.3. The van der Waals surface area contributed by atoms with E-state index in [9.17, 15) is 13.2 Å². The lowest BCUT2D eigenvalue weighted by Gasteiger charge is -2.21. The highest BCUT2D eigenvalue weighted by atomic mass is 32.2. The smallest absolute Gasteiger partial charge is 0.238 e. The second-order valence-electron chi connectivity index (χ2n) is 6.20. The molecule has 0 saturated heterocycles. The minimum Gasteiger partial charge on any atom is -0.352 e. The Bertz CT molecular complexity index is 406. The van der Waals surface area contributed by atoms with Gasteiger partial charge in [-0.15, -0.1) is 0 Å². The van der Waals surface area contributed by atoms with Crippen LogP contribution < -0.4 is 10.0 Å². The van der Waals surface area contributed by atoms with E-state index in [1.807, 2.05) is 13.8 Å². The molecule has 1 aliphatic rings. The van der Waals surface area contributed by atoms with Crippen molar-refractivity contribution < 1.29 is 13.2 Å². The van der Waals surface area contributed by atoms with Gasteiger partial charge < -0.3 is 5.32 Å². The molecule has 0 heterocycles. The lowest BCUT2D eigenvalue weighted by molar-refractivity contribution is -0.123. The normalized spacial score (nSPS) is 25.5. The summed E-state index contributed by atoms with van der Waals surface area (Å²) in [5.74, 6) is 0.697. The molecule has 0 aromatic rings. The number of rotatable bonds is 6. The molecule has 1 amide bonds. The van der Waals surface area contributed by atoms with E-state index in [0.717, 1.165) is 25.5 Å². The van der Waals surface area contributed by atoms with Crippen LogP contribution in [0, 0.1) is 11.8 Å². The molecule has 1 rings (SSSR count). The van der Waals surface area contributed by atoms with E-state index in [4.69, 9.17) is 0 Å². The predicted molar refractivity (Wildman–Crippen MR) is 76.2 cm³/mol. The summed E-state index contributed by atoms with van der Waals surface area (Å²) < 4.78 is 25.1. The Kier molecular flexibility index (Phi) is 5.80. The largest absolute Gasteiger partial charge is 0.352 e. The van der Waals surface area contributed by atoms with Crippen LogP contribution in [-0.4, -0.2) is 32.7 Å². The topological polar surface area (TPSA) is 75.3 Å². The first-order chi connectivity index (χ1) is 8.67. The first-order valence-corrected chi connectivity index (χ1v) is 8.84. The van der Waals surface area contributed by atoms with Crippen molar-refractivity contribution in [1.82, 2.24) is 10.0 Å². The molecule has 0 spiro atoms. The highest BCUT2D eigenvalue weighted by molar-refractivity contribution is 7.88. The molecule has 112 valence electrons. The van der Waals surface area contributed by atoms with E-state index < -0.39 is 16.1 Å². The van der Waals surface area contributed by atoms with Crippen LogP contribution in [0.4, 0.5) is 0 Å². The van der Waals surface area contributed by atoms with Crippen LogP contribution in [0.25, 0.3) is 0 Å². The standard InChI is InChI=1S/C13H26N2O3S/c1-9(2)7-12(15-19(4,17)18)13(16)14-11-6-5-10(3)8-11/h9-12,15H,5-8H2,1-4H3,(H,14,16). The van der Waals surface area contributed by atoms with Gasteiger partial charge in [-0.25, -0.2) is 13.1 Å². The van der Waals surface area contributed by atoms with E-state index in [-0.39, 0.29) is 17.9 Å². The third kappa shape index (κ3) is 6.38. The van der Waals surface area contributed by atoms with Crippen molar-refractivity contribution in [2.75, 3.05) is 6.26 Å². The second kappa shape index (κ2) is 6.70. The maximum absolute atomic E-state index is 12.2. The van der Waals surface area contributed by atoms with Crippen LogP contribution in [0.3, 0.4) is 0 Å². The Labute approximate surface area is 116 Å². The van der Waals surface area contributed by atoms with Crippen LogP contribution >= 0.6 is 0 Å². The highest BCUT2D eigenvalue weighted by Crippen LogP contribution is 2.24. The summed E-state index contributed by atoms with van der Waals surface area (Å²) >= 11 is 0. The van der Waals surface area contributed by atoms with Gasteiger partial charge in [0.05, 0.1) is 6.26 Å². The Hall–Kier alpha value is -0.620. The lowest BCUT2D eigenvalue weighted by Crippen LogP contribution is -2.49. The van der Waals surface area contributed by atoms with Gasteiger partial charge in [-0.2, -0.15) is 0 Å². The number of hydrogen-bond acceptors (Lipinski definition) is 3. The molecule has 6 heteroatoms.